The highest BCUT2D eigenvalue weighted by Crippen LogP contribution is 2.25. The molecule has 0 spiro atoms. The fraction of sp³-hybridized carbons (Fsp3) is 0.364. The number of anilines is 2. The van der Waals surface area contributed by atoms with Crippen molar-refractivity contribution in [1.82, 2.24) is 0 Å². The number of carbonyl (C=O) groups is 2. The Bertz CT molecular complexity index is 805. The molecule has 0 unspecified atom stereocenters. The zero-order chi connectivity index (χ0) is 19.5. The number of carbonyl (C=O) groups excluding carboxylic acids is 2. The molecule has 138 valence electrons. The van der Waals surface area contributed by atoms with E-state index in [-0.39, 0.29) is 11.8 Å². The van der Waals surface area contributed by atoms with Gasteiger partial charge < -0.3 is 10.6 Å². The molecule has 0 aliphatic carbocycles. The Kier molecular flexibility index (Phi) is 5.86. The Morgan fingerprint density at radius 2 is 1.46 bits per heavy atom. The van der Waals surface area contributed by atoms with Gasteiger partial charge in [0, 0.05) is 11.4 Å². The van der Waals surface area contributed by atoms with Gasteiger partial charge >= 0.3 is 0 Å². The van der Waals surface area contributed by atoms with Gasteiger partial charge in [0.05, 0.1) is 0 Å². The van der Waals surface area contributed by atoms with E-state index in [0.717, 1.165) is 16.8 Å². The summed E-state index contributed by atoms with van der Waals surface area (Å²) in [5.41, 5.74) is 3.52. The molecule has 0 saturated carbocycles. The molecule has 2 aromatic rings. The summed E-state index contributed by atoms with van der Waals surface area (Å²) in [6.07, 6.45) is 0. The normalized spacial score (nSPS) is 11.3. The van der Waals surface area contributed by atoms with Crippen LogP contribution in [0, 0.1) is 19.3 Å². The molecule has 0 saturated heterocycles. The van der Waals surface area contributed by atoms with Crippen LogP contribution in [0.1, 0.15) is 50.3 Å². The third-order valence-corrected chi connectivity index (χ3v) is 4.82. The molecule has 0 fully saturated rings. The molecule has 0 heterocycles. The predicted octanol–water partition coefficient (Wildman–Crippen LogP) is 5.03. The highest BCUT2D eigenvalue weighted by molar-refractivity contribution is 6.14. The van der Waals surface area contributed by atoms with E-state index in [0.29, 0.717) is 11.6 Å². The molecule has 2 amide bonds. The number of hydrogen-bond acceptors (Lipinski definition) is 2. The van der Waals surface area contributed by atoms with Crippen LogP contribution in [0.15, 0.2) is 42.5 Å². The summed E-state index contributed by atoms with van der Waals surface area (Å²) in [7, 11) is 0. The maximum Gasteiger partial charge on any atom is 0.239 e. The van der Waals surface area contributed by atoms with Gasteiger partial charge in [0.1, 0.15) is 5.41 Å². The average molecular weight is 352 g/mol. The third kappa shape index (κ3) is 4.31. The summed E-state index contributed by atoms with van der Waals surface area (Å²) in [6.45, 7) is 11.4. The number of hydrogen-bond donors (Lipinski definition) is 2. The molecule has 26 heavy (non-hydrogen) atoms. The summed E-state index contributed by atoms with van der Waals surface area (Å²) in [5, 5.41) is 5.72. The van der Waals surface area contributed by atoms with Crippen molar-refractivity contribution in [3.8, 4) is 0 Å². The summed E-state index contributed by atoms with van der Waals surface area (Å²) in [6, 6.07) is 13.4. The van der Waals surface area contributed by atoms with Crippen molar-refractivity contribution < 1.29 is 9.59 Å². The molecule has 0 bridgehead atoms. The molecule has 2 N–H and O–H groups in total. The van der Waals surface area contributed by atoms with Crippen molar-refractivity contribution in [1.29, 1.82) is 0 Å². The molecule has 0 atom stereocenters. The van der Waals surface area contributed by atoms with Crippen molar-refractivity contribution in [2.24, 2.45) is 5.41 Å². The van der Waals surface area contributed by atoms with Crippen molar-refractivity contribution in [3.63, 3.8) is 0 Å². The van der Waals surface area contributed by atoms with E-state index in [2.05, 4.69) is 24.5 Å². The molecule has 0 aliphatic rings. The number of nitrogens with one attached hydrogen (secondary N) is 2. The quantitative estimate of drug-likeness (QED) is 0.742. The average Bonchev–Trinajstić information content (AvgIpc) is 2.59. The molecule has 4 heteroatoms. The summed E-state index contributed by atoms with van der Waals surface area (Å²) >= 11 is 0. The zero-order valence-corrected chi connectivity index (χ0v) is 16.4. The van der Waals surface area contributed by atoms with Crippen LogP contribution < -0.4 is 10.6 Å². The van der Waals surface area contributed by atoms with Crippen LogP contribution in [0.2, 0.25) is 0 Å². The first-order valence-corrected chi connectivity index (χ1v) is 8.92. The molecular weight excluding hydrogens is 324 g/mol. The van der Waals surface area contributed by atoms with Crippen molar-refractivity contribution in [2.75, 3.05) is 10.6 Å². The number of benzene rings is 2. The Balaban J connectivity index is 2.10. The van der Waals surface area contributed by atoms with Gasteiger partial charge in [0.15, 0.2) is 0 Å². The Morgan fingerprint density at radius 1 is 0.885 bits per heavy atom. The van der Waals surface area contributed by atoms with E-state index in [1.165, 1.54) is 5.56 Å². The van der Waals surface area contributed by atoms with Crippen LogP contribution in [0.5, 0.6) is 0 Å². The van der Waals surface area contributed by atoms with Gasteiger partial charge in [-0.2, -0.15) is 0 Å². The highest BCUT2D eigenvalue weighted by Gasteiger charge is 2.36. The second kappa shape index (κ2) is 7.73. The summed E-state index contributed by atoms with van der Waals surface area (Å²) < 4.78 is 0. The topological polar surface area (TPSA) is 58.2 Å². The molecule has 0 aromatic heterocycles. The van der Waals surface area contributed by atoms with Crippen LogP contribution in [0.25, 0.3) is 0 Å². The lowest BCUT2D eigenvalue weighted by Gasteiger charge is -2.23. The van der Waals surface area contributed by atoms with Crippen molar-refractivity contribution in [2.45, 2.75) is 47.5 Å². The lowest BCUT2D eigenvalue weighted by Crippen LogP contribution is -2.41. The minimum Gasteiger partial charge on any atom is -0.325 e. The molecule has 0 aliphatic heterocycles. The Labute approximate surface area is 156 Å². The van der Waals surface area contributed by atoms with Crippen molar-refractivity contribution in [3.05, 3.63) is 59.2 Å². The van der Waals surface area contributed by atoms with Crippen LogP contribution in [0.3, 0.4) is 0 Å². The first-order chi connectivity index (χ1) is 12.1. The monoisotopic (exact) mass is 352 g/mol. The van der Waals surface area contributed by atoms with Gasteiger partial charge in [-0.05, 0) is 68.5 Å². The van der Waals surface area contributed by atoms with Gasteiger partial charge in [0.2, 0.25) is 11.8 Å². The largest absolute Gasteiger partial charge is 0.325 e. The van der Waals surface area contributed by atoms with Crippen LogP contribution >= 0.6 is 0 Å². The third-order valence-electron chi connectivity index (χ3n) is 4.82. The second-order valence-electron chi connectivity index (χ2n) is 7.56. The van der Waals surface area contributed by atoms with Crippen molar-refractivity contribution >= 4 is 23.2 Å². The van der Waals surface area contributed by atoms with Gasteiger partial charge in [-0.25, -0.2) is 0 Å². The molecule has 0 radical (unpaired) electrons. The van der Waals surface area contributed by atoms with Crippen LogP contribution in [-0.4, -0.2) is 11.8 Å². The fourth-order valence-electron chi connectivity index (χ4n) is 2.51. The Hall–Kier alpha value is -2.62. The van der Waals surface area contributed by atoms with E-state index in [1.54, 1.807) is 13.8 Å². The number of amides is 2. The zero-order valence-electron chi connectivity index (χ0n) is 16.4. The molecule has 2 rings (SSSR count). The molecule has 2 aromatic carbocycles. The minimum absolute atomic E-state index is 0.331. The SMILES string of the molecule is Cc1cccc(NC(=O)C(C)(C)C(=O)Nc2ccc(C(C)C)cc2)c1C. The van der Waals surface area contributed by atoms with Crippen LogP contribution in [0.4, 0.5) is 11.4 Å². The predicted molar refractivity (Wildman–Crippen MR) is 107 cm³/mol. The number of aryl methyl sites for hydroxylation is 1. The lowest BCUT2D eigenvalue weighted by atomic mass is 9.90. The molecular formula is C22H28N2O2. The van der Waals surface area contributed by atoms with Gasteiger partial charge in [-0.1, -0.05) is 38.1 Å². The fourth-order valence-corrected chi connectivity index (χ4v) is 2.51. The van der Waals surface area contributed by atoms with E-state index in [4.69, 9.17) is 0 Å². The first kappa shape index (κ1) is 19.7. The summed E-state index contributed by atoms with van der Waals surface area (Å²) in [4.78, 5) is 25.4. The van der Waals surface area contributed by atoms with Gasteiger partial charge in [0.25, 0.3) is 0 Å². The molecule has 4 nitrogen and oxygen atoms in total. The standard InChI is InChI=1S/C22H28N2O2/c1-14(2)17-10-12-18(13-11-17)23-20(25)22(5,6)21(26)24-19-9-7-8-15(3)16(19)4/h7-14H,1-6H3,(H,23,25)(H,24,26). The van der Waals surface area contributed by atoms with E-state index in [1.807, 2.05) is 56.3 Å². The Morgan fingerprint density at radius 3 is 2.04 bits per heavy atom. The summed E-state index contributed by atoms with van der Waals surface area (Å²) in [5.74, 6) is -0.236. The minimum atomic E-state index is -1.20. The van der Waals surface area contributed by atoms with E-state index >= 15 is 0 Å². The van der Waals surface area contributed by atoms with Gasteiger partial charge in [-0.3, -0.25) is 9.59 Å². The highest BCUT2D eigenvalue weighted by atomic mass is 16.2. The number of rotatable bonds is 5. The lowest BCUT2D eigenvalue weighted by molar-refractivity contribution is -0.135. The van der Waals surface area contributed by atoms with E-state index < -0.39 is 5.41 Å². The van der Waals surface area contributed by atoms with Gasteiger partial charge in [-0.15, -0.1) is 0 Å². The second-order valence-corrected chi connectivity index (χ2v) is 7.56. The first-order valence-electron chi connectivity index (χ1n) is 8.92. The van der Waals surface area contributed by atoms with Crippen LogP contribution in [-0.2, 0) is 9.59 Å². The van der Waals surface area contributed by atoms with E-state index in [9.17, 15) is 9.59 Å². The maximum atomic E-state index is 12.7. The maximum absolute atomic E-state index is 12.7. The smallest absolute Gasteiger partial charge is 0.239 e.